The number of amides is 4. The molecule has 0 radical (unpaired) electrons. The third-order valence-corrected chi connectivity index (χ3v) is 6.66. The minimum absolute atomic E-state index is 0.0319. The predicted octanol–water partition coefficient (Wildman–Crippen LogP) is 1.82. The van der Waals surface area contributed by atoms with Gasteiger partial charge in [-0.25, -0.2) is 4.79 Å². The topological polar surface area (TPSA) is 96.0 Å². The number of likely N-dealkylation sites (N-methyl/N-ethyl adjacent to an activating group) is 1. The first-order valence-corrected chi connectivity index (χ1v) is 10.4. The van der Waals surface area contributed by atoms with Crippen molar-refractivity contribution in [2.45, 2.75) is 76.3 Å². The Balaban J connectivity index is 1.51. The van der Waals surface area contributed by atoms with E-state index in [2.05, 4.69) is 5.32 Å². The second kappa shape index (κ2) is 8.49. The lowest BCUT2D eigenvalue weighted by atomic mass is 9.73. The molecule has 1 heterocycles. The van der Waals surface area contributed by atoms with Gasteiger partial charge in [0.1, 0.15) is 12.1 Å². The minimum atomic E-state index is -0.896. The van der Waals surface area contributed by atoms with Gasteiger partial charge in [0.2, 0.25) is 0 Å². The zero-order valence-electron chi connectivity index (χ0n) is 16.9. The molecular weight excluding hydrogens is 362 g/mol. The highest BCUT2D eigenvalue weighted by Gasteiger charge is 2.55. The van der Waals surface area contributed by atoms with E-state index in [1.165, 1.54) is 6.42 Å². The van der Waals surface area contributed by atoms with Crippen molar-refractivity contribution >= 4 is 23.8 Å². The van der Waals surface area contributed by atoms with E-state index >= 15 is 0 Å². The predicted molar refractivity (Wildman–Crippen MR) is 101 cm³/mol. The van der Waals surface area contributed by atoms with E-state index in [-0.39, 0.29) is 30.4 Å². The van der Waals surface area contributed by atoms with Gasteiger partial charge in [-0.3, -0.25) is 19.3 Å². The molecule has 0 bridgehead atoms. The quantitative estimate of drug-likeness (QED) is 0.568. The Morgan fingerprint density at radius 2 is 1.82 bits per heavy atom. The molecular formula is C20H31N3O5. The summed E-state index contributed by atoms with van der Waals surface area (Å²) in [6.07, 6.45) is 8.71. The highest BCUT2D eigenvalue weighted by atomic mass is 16.5. The monoisotopic (exact) mass is 393 g/mol. The summed E-state index contributed by atoms with van der Waals surface area (Å²) in [7, 11) is 1.73. The van der Waals surface area contributed by atoms with Gasteiger partial charge >= 0.3 is 12.0 Å². The molecule has 28 heavy (non-hydrogen) atoms. The van der Waals surface area contributed by atoms with Gasteiger partial charge in [0, 0.05) is 13.1 Å². The summed E-state index contributed by atoms with van der Waals surface area (Å²) in [6, 6.07) is -0.361. The highest BCUT2D eigenvalue weighted by Crippen LogP contribution is 2.38. The zero-order chi connectivity index (χ0) is 20.3. The average Bonchev–Trinajstić information content (AvgIpc) is 2.93. The summed E-state index contributed by atoms with van der Waals surface area (Å²) in [6.45, 7) is 1.13. The van der Waals surface area contributed by atoms with Crippen molar-refractivity contribution in [3.05, 3.63) is 0 Å². The smallest absolute Gasteiger partial charge is 0.326 e. The number of rotatable bonds is 5. The molecule has 4 amide bonds. The van der Waals surface area contributed by atoms with Crippen LogP contribution in [0.1, 0.15) is 64.7 Å². The molecule has 2 aliphatic carbocycles. The maximum absolute atomic E-state index is 12.9. The van der Waals surface area contributed by atoms with E-state index in [1.807, 2.05) is 6.92 Å². The fourth-order valence-electron chi connectivity index (χ4n) is 4.73. The Labute approximate surface area is 165 Å². The molecule has 2 saturated carbocycles. The maximum atomic E-state index is 12.9. The van der Waals surface area contributed by atoms with Gasteiger partial charge in [-0.1, -0.05) is 39.0 Å². The van der Waals surface area contributed by atoms with Gasteiger partial charge in [0.25, 0.3) is 11.8 Å². The van der Waals surface area contributed by atoms with Gasteiger partial charge < -0.3 is 15.0 Å². The SMILES string of the molecule is C[C@@H]1CCCC[C@@]12NC(=O)N(CC(=O)OCC(=O)N(C)C1CCCCC1)C2=O. The number of ether oxygens (including phenoxy) is 1. The number of urea groups is 1. The van der Waals surface area contributed by atoms with E-state index in [9.17, 15) is 19.2 Å². The number of hydrogen-bond acceptors (Lipinski definition) is 5. The molecule has 0 aromatic carbocycles. The van der Waals surface area contributed by atoms with Crippen LogP contribution in [0.2, 0.25) is 0 Å². The first-order valence-electron chi connectivity index (χ1n) is 10.4. The molecule has 3 fully saturated rings. The summed E-state index contributed by atoms with van der Waals surface area (Å²) < 4.78 is 5.07. The van der Waals surface area contributed by atoms with Crippen LogP contribution < -0.4 is 5.32 Å². The molecule has 3 rings (SSSR count). The molecule has 0 aromatic heterocycles. The molecule has 8 nitrogen and oxygen atoms in total. The summed E-state index contributed by atoms with van der Waals surface area (Å²) in [5, 5.41) is 2.80. The van der Waals surface area contributed by atoms with Crippen LogP contribution in [0.3, 0.4) is 0 Å². The van der Waals surface area contributed by atoms with Crippen LogP contribution in [0.4, 0.5) is 4.79 Å². The van der Waals surface area contributed by atoms with Crippen LogP contribution in [0.15, 0.2) is 0 Å². The van der Waals surface area contributed by atoms with Crippen molar-refractivity contribution in [2.24, 2.45) is 5.92 Å². The van der Waals surface area contributed by atoms with E-state index < -0.39 is 24.1 Å². The molecule has 0 aromatic rings. The molecule has 8 heteroatoms. The van der Waals surface area contributed by atoms with E-state index in [4.69, 9.17) is 4.74 Å². The van der Waals surface area contributed by atoms with Crippen molar-refractivity contribution in [3.8, 4) is 0 Å². The first kappa shape index (κ1) is 20.6. The summed E-state index contributed by atoms with van der Waals surface area (Å²) in [4.78, 5) is 52.2. The Morgan fingerprint density at radius 3 is 2.50 bits per heavy atom. The van der Waals surface area contributed by atoms with Crippen LogP contribution in [-0.4, -0.2) is 65.4 Å². The Morgan fingerprint density at radius 1 is 1.14 bits per heavy atom. The van der Waals surface area contributed by atoms with Gasteiger partial charge in [0.15, 0.2) is 6.61 Å². The van der Waals surface area contributed by atoms with E-state index in [1.54, 1.807) is 11.9 Å². The maximum Gasteiger partial charge on any atom is 0.326 e. The molecule has 1 aliphatic heterocycles. The number of carbonyl (C=O) groups is 4. The fraction of sp³-hybridized carbons (Fsp3) is 0.800. The lowest BCUT2D eigenvalue weighted by Gasteiger charge is -2.36. The second-order valence-electron chi connectivity index (χ2n) is 8.40. The lowest BCUT2D eigenvalue weighted by molar-refractivity contribution is -0.154. The van der Waals surface area contributed by atoms with Crippen LogP contribution in [0, 0.1) is 5.92 Å². The van der Waals surface area contributed by atoms with E-state index in [0.29, 0.717) is 6.42 Å². The summed E-state index contributed by atoms with van der Waals surface area (Å²) in [5.41, 5.74) is -0.896. The number of esters is 1. The van der Waals surface area contributed by atoms with Crippen molar-refractivity contribution in [3.63, 3.8) is 0 Å². The Kier molecular flexibility index (Phi) is 6.25. The number of nitrogens with zero attached hydrogens (tertiary/aromatic N) is 2. The number of hydrogen-bond donors (Lipinski definition) is 1. The number of imide groups is 1. The number of nitrogens with one attached hydrogen (secondary N) is 1. The van der Waals surface area contributed by atoms with Gasteiger partial charge in [-0.15, -0.1) is 0 Å². The molecule has 1 N–H and O–H groups in total. The molecule has 1 spiro atoms. The molecule has 3 aliphatic rings. The third kappa shape index (κ3) is 4.00. The van der Waals surface area contributed by atoms with Gasteiger partial charge in [0.05, 0.1) is 0 Å². The Hall–Kier alpha value is -2.12. The number of carbonyl (C=O) groups excluding carboxylic acids is 4. The zero-order valence-corrected chi connectivity index (χ0v) is 16.9. The van der Waals surface area contributed by atoms with Crippen molar-refractivity contribution in [2.75, 3.05) is 20.2 Å². The third-order valence-electron chi connectivity index (χ3n) is 6.66. The highest BCUT2D eigenvalue weighted by molar-refractivity contribution is 6.09. The fourth-order valence-corrected chi connectivity index (χ4v) is 4.73. The molecule has 2 atom stereocenters. The lowest BCUT2D eigenvalue weighted by Crippen LogP contribution is -2.54. The largest absolute Gasteiger partial charge is 0.454 e. The van der Waals surface area contributed by atoms with Crippen molar-refractivity contribution in [1.29, 1.82) is 0 Å². The van der Waals surface area contributed by atoms with Gasteiger partial charge in [-0.2, -0.15) is 0 Å². The molecule has 1 saturated heterocycles. The van der Waals surface area contributed by atoms with E-state index in [0.717, 1.165) is 49.8 Å². The van der Waals surface area contributed by atoms with Crippen LogP contribution in [-0.2, 0) is 19.1 Å². The average molecular weight is 393 g/mol. The van der Waals surface area contributed by atoms with Crippen molar-refractivity contribution < 1.29 is 23.9 Å². The summed E-state index contributed by atoms with van der Waals surface area (Å²) >= 11 is 0. The van der Waals surface area contributed by atoms with Crippen LogP contribution in [0.25, 0.3) is 0 Å². The van der Waals surface area contributed by atoms with Crippen LogP contribution >= 0.6 is 0 Å². The second-order valence-corrected chi connectivity index (χ2v) is 8.40. The van der Waals surface area contributed by atoms with Crippen molar-refractivity contribution in [1.82, 2.24) is 15.1 Å². The summed E-state index contributed by atoms with van der Waals surface area (Å²) in [5.74, 6) is -1.32. The normalized spacial score (nSPS) is 28.4. The van der Waals surface area contributed by atoms with Crippen LogP contribution in [0.5, 0.6) is 0 Å². The molecule has 156 valence electrons. The standard InChI is InChI=1S/C20H31N3O5/c1-14-8-6-7-11-20(14)18(26)23(19(27)21-20)12-17(25)28-13-16(24)22(2)15-9-4-3-5-10-15/h14-15H,3-13H2,1-2H3,(H,21,27)/t14-,20-/m1/s1. The molecule has 0 unspecified atom stereocenters. The van der Waals surface area contributed by atoms with Gasteiger partial charge in [-0.05, 0) is 31.6 Å². The first-order chi connectivity index (χ1) is 13.3. The minimum Gasteiger partial charge on any atom is -0.454 e. The Bertz CT molecular complexity index is 646.